The van der Waals surface area contributed by atoms with Gasteiger partial charge >= 0.3 is 0 Å². The van der Waals surface area contributed by atoms with Crippen molar-refractivity contribution < 1.29 is 18.4 Å². The van der Waals surface area contributed by atoms with E-state index in [1.54, 1.807) is 17.6 Å². The molecule has 0 saturated heterocycles. The van der Waals surface area contributed by atoms with Crippen molar-refractivity contribution in [3.63, 3.8) is 0 Å². The summed E-state index contributed by atoms with van der Waals surface area (Å²) < 4.78 is 25.1. The molecule has 164 valence electrons. The average molecular weight is 434 g/mol. The van der Waals surface area contributed by atoms with Crippen molar-refractivity contribution in [3.05, 3.63) is 65.7 Å². The summed E-state index contributed by atoms with van der Waals surface area (Å²) in [6.45, 7) is 2.99. The maximum Gasteiger partial charge on any atom is 0.244 e. The summed E-state index contributed by atoms with van der Waals surface area (Å²) in [4.78, 5) is 11.2. The van der Waals surface area contributed by atoms with Crippen LogP contribution in [0.4, 0.5) is 0 Å². The van der Waals surface area contributed by atoms with Crippen LogP contribution < -0.4 is 16.1 Å². The van der Waals surface area contributed by atoms with Gasteiger partial charge in [-0.2, -0.15) is 0 Å². The lowest BCUT2D eigenvalue weighted by atomic mass is 10.1. The maximum atomic E-state index is 12.5. The van der Waals surface area contributed by atoms with Crippen LogP contribution in [0, 0.1) is 0 Å². The van der Waals surface area contributed by atoms with Gasteiger partial charge in [0.05, 0.1) is 10.6 Å². The quantitative estimate of drug-likeness (QED) is 0.205. The summed E-state index contributed by atoms with van der Waals surface area (Å²) >= 11 is 0. The summed E-state index contributed by atoms with van der Waals surface area (Å²) in [5.74, 6) is -0.285. The van der Waals surface area contributed by atoms with E-state index in [-0.39, 0.29) is 12.2 Å². The molecule has 0 saturated carbocycles. The van der Waals surface area contributed by atoms with Crippen molar-refractivity contribution in [1.29, 1.82) is 0 Å². The number of amides is 1. The van der Waals surface area contributed by atoms with Crippen LogP contribution >= 0.6 is 0 Å². The fourth-order valence-electron chi connectivity index (χ4n) is 2.96. The van der Waals surface area contributed by atoms with Crippen molar-refractivity contribution in [2.75, 3.05) is 31.9 Å². The topological polar surface area (TPSA) is 108 Å². The summed E-state index contributed by atoms with van der Waals surface area (Å²) in [6, 6.07) is 16.8. The Balaban J connectivity index is 1.62. The van der Waals surface area contributed by atoms with Crippen LogP contribution in [0.2, 0.25) is 0 Å². The number of hydrogen-bond donors (Lipinski definition) is 4. The normalized spacial score (nSPS) is 11.4. The third-order valence-corrected chi connectivity index (χ3v) is 6.47. The van der Waals surface area contributed by atoms with Crippen molar-refractivity contribution in [2.45, 2.75) is 30.6 Å². The molecule has 8 heteroatoms. The van der Waals surface area contributed by atoms with Crippen LogP contribution in [0.1, 0.15) is 24.0 Å². The lowest BCUT2D eigenvalue weighted by Crippen LogP contribution is -2.27. The van der Waals surface area contributed by atoms with Crippen LogP contribution in [0.25, 0.3) is 0 Å². The van der Waals surface area contributed by atoms with E-state index in [0.717, 1.165) is 43.6 Å². The molecule has 0 aromatic heterocycles. The first-order valence-corrected chi connectivity index (χ1v) is 11.9. The average Bonchev–Trinajstić information content (AvgIpc) is 2.77. The molecular formula is C22H31N3O4S. The summed E-state index contributed by atoms with van der Waals surface area (Å²) in [7, 11) is -3.28. The SMILES string of the molecule is O=C(CCNCCCNCCc1ccc(S(=O)(=O)CCc2ccccc2)cc1)NO. The van der Waals surface area contributed by atoms with Crippen LogP contribution in [0.5, 0.6) is 0 Å². The van der Waals surface area contributed by atoms with Crippen molar-refractivity contribution >= 4 is 15.7 Å². The molecule has 0 spiro atoms. The molecule has 2 aromatic carbocycles. The van der Waals surface area contributed by atoms with Gasteiger partial charge in [-0.3, -0.25) is 10.0 Å². The van der Waals surface area contributed by atoms with Crippen LogP contribution in [0.15, 0.2) is 59.5 Å². The molecule has 0 bridgehead atoms. The molecule has 0 aliphatic rings. The lowest BCUT2D eigenvalue weighted by Gasteiger charge is -2.08. The molecule has 0 aliphatic carbocycles. The van der Waals surface area contributed by atoms with E-state index in [2.05, 4.69) is 10.6 Å². The molecule has 0 unspecified atom stereocenters. The third kappa shape index (κ3) is 9.04. The molecule has 0 fully saturated rings. The second-order valence-electron chi connectivity index (χ2n) is 7.09. The summed E-state index contributed by atoms with van der Waals surface area (Å²) in [5.41, 5.74) is 3.72. The zero-order valence-electron chi connectivity index (χ0n) is 17.1. The predicted molar refractivity (Wildman–Crippen MR) is 117 cm³/mol. The molecule has 0 radical (unpaired) electrons. The minimum Gasteiger partial charge on any atom is -0.316 e. The van der Waals surface area contributed by atoms with E-state index >= 15 is 0 Å². The fraction of sp³-hybridized carbons (Fsp3) is 0.409. The number of carbonyl (C=O) groups is 1. The first kappa shape index (κ1) is 24.0. The number of aryl methyl sites for hydroxylation is 1. The highest BCUT2D eigenvalue weighted by Crippen LogP contribution is 2.14. The van der Waals surface area contributed by atoms with E-state index in [9.17, 15) is 13.2 Å². The molecule has 1 amide bonds. The number of sulfone groups is 1. The Kier molecular flexibility index (Phi) is 10.5. The van der Waals surface area contributed by atoms with Gasteiger partial charge < -0.3 is 10.6 Å². The largest absolute Gasteiger partial charge is 0.316 e. The van der Waals surface area contributed by atoms with Gasteiger partial charge in [0, 0.05) is 13.0 Å². The van der Waals surface area contributed by atoms with Gasteiger partial charge in [-0.1, -0.05) is 42.5 Å². The molecule has 0 aliphatic heterocycles. The van der Waals surface area contributed by atoms with E-state index in [0.29, 0.717) is 17.9 Å². The van der Waals surface area contributed by atoms with Gasteiger partial charge in [-0.25, -0.2) is 13.9 Å². The Bertz CT molecular complexity index is 856. The van der Waals surface area contributed by atoms with Gasteiger partial charge in [0.2, 0.25) is 5.91 Å². The zero-order chi connectivity index (χ0) is 21.7. The van der Waals surface area contributed by atoms with Gasteiger partial charge in [0.25, 0.3) is 0 Å². The molecule has 2 rings (SSSR count). The Morgan fingerprint density at radius 3 is 2.10 bits per heavy atom. The number of hydroxylamine groups is 1. The van der Waals surface area contributed by atoms with E-state index in [1.165, 1.54) is 0 Å². The first-order valence-electron chi connectivity index (χ1n) is 10.2. The predicted octanol–water partition coefficient (Wildman–Crippen LogP) is 1.71. The standard InChI is InChI=1S/C22H31N3O4S/c26-22(25-27)12-17-24-15-4-14-23-16-11-20-7-9-21(10-8-20)30(28,29)18-13-19-5-2-1-3-6-19/h1-3,5-10,23-24,27H,4,11-18H2,(H,25,26). The van der Waals surface area contributed by atoms with Crippen molar-refractivity contribution in [2.24, 2.45) is 0 Å². The van der Waals surface area contributed by atoms with E-state index < -0.39 is 15.7 Å². The molecule has 7 nitrogen and oxygen atoms in total. The third-order valence-electron chi connectivity index (χ3n) is 4.74. The van der Waals surface area contributed by atoms with Crippen LogP contribution in [-0.4, -0.2) is 51.5 Å². The molecule has 2 aromatic rings. The molecule has 30 heavy (non-hydrogen) atoms. The van der Waals surface area contributed by atoms with Gasteiger partial charge in [0.15, 0.2) is 9.84 Å². The minimum atomic E-state index is -3.28. The number of hydrogen-bond acceptors (Lipinski definition) is 6. The van der Waals surface area contributed by atoms with E-state index in [4.69, 9.17) is 5.21 Å². The summed E-state index contributed by atoms with van der Waals surface area (Å²) in [5, 5.41) is 14.9. The molecule has 4 N–H and O–H groups in total. The minimum absolute atomic E-state index is 0.108. The van der Waals surface area contributed by atoms with Crippen LogP contribution in [0.3, 0.4) is 0 Å². The number of rotatable bonds is 14. The lowest BCUT2D eigenvalue weighted by molar-refractivity contribution is -0.129. The van der Waals surface area contributed by atoms with Gasteiger partial charge in [-0.15, -0.1) is 0 Å². The smallest absolute Gasteiger partial charge is 0.244 e. The van der Waals surface area contributed by atoms with Crippen molar-refractivity contribution in [3.8, 4) is 0 Å². The summed E-state index contributed by atoms with van der Waals surface area (Å²) in [6.07, 6.45) is 2.52. The highest BCUT2D eigenvalue weighted by atomic mass is 32.2. The molecular weight excluding hydrogens is 402 g/mol. The zero-order valence-corrected chi connectivity index (χ0v) is 18.0. The molecule has 0 heterocycles. The Morgan fingerprint density at radius 2 is 1.43 bits per heavy atom. The fourth-order valence-corrected chi connectivity index (χ4v) is 4.25. The second-order valence-corrected chi connectivity index (χ2v) is 9.20. The second kappa shape index (κ2) is 13.1. The van der Waals surface area contributed by atoms with Crippen molar-refractivity contribution in [1.82, 2.24) is 16.1 Å². The number of benzene rings is 2. The van der Waals surface area contributed by atoms with Gasteiger partial charge in [0.1, 0.15) is 0 Å². The highest BCUT2D eigenvalue weighted by molar-refractivity contribution is 7.91. The first-order chi connectivity index (χ1) is 14.5. The molecule has 0 atom stereocenters. The Morgan fingerprint density at radius 1 is 0.800 bits per heavy atom. The Labute approximate surface area is 178 Å². The monoisotopic (exact) mass is 433 g/mol. The van der Waals surface area contributed by atoms with Crippen LogP contribution in [-0.2, 0) is 27.5 Å². The Hall–Kier alpha value is -2.26. The highest BCUT2D eigenvalue weighted by Gasteiger charge is 2.14. The van der Waals surface area contributed by atoms with Gasteiger partial charge in [-0.05, 0) is 62.2 Å². The number of carbonyl (C=O) groups excluding carboxylic acids is 1. The van der Waals surface area contributed by atoms with E-state index in [1.807, 2.05) is 42.5 Å². The maximum absolute atomic E-state index is 12.5. The number of nitrogens with one attached hydrogen (secondary N) is 3.